The van der Waals surface area contributed by atoms with Gasteiger partial charge in [-0.25, -0.2) is 4.98 Å². The number of nitrogens with two attached hydrogens (primary N) is 2. The average Bonchev–Trinajstić information content (AvgIpc) is 0.771. The first-order chi connectivity index (χ1) is 66.9. The number of rotatable bonds is 47. The molecule has 24 N–H and O–H groups in total. The molecule has 0 spiro atoms. The van der Waals surface area contributed by atoms with Crippen LogP contribution in [0.1, 0.15) is 189 Å². The van der Waals surface area contributed by atoms with Crippen LogP contribution in [-0.4, -0.2) is 293 Å². The van der Waals surface area contributed by atoms with Crippen LogP contribution in [-0.2, 0) is 107 Å². The van der Waals surface area contributed by atoms with E-state index in [-0.39, 0.29) is 161 Å². The molecule has 12 rings (SSSR count). The molecule has 0 radical (unpaired) electrons. The number of Topliss-reactive ketones (excluding diaryl/α,β-unsaturated/α-hetero) is 1. The minimum Gasteiger partial charge on any atom is -0.508 e. The number of H-pyrrole nitrogens is 2. The van der Waals surface area contributed by atoms with Crippen molar-refractivity contribution in [3.63, 3.8) is 0 Å². The number of nitrogens with one attached hydrogen (secondary N) is 14. The number of methoxy groups -OCH3 is 1. The summed E-state index contributed by atoms with van der Waals surface area (Å²) < 4.78 is 23.5. The number of ketones is 3. The molecule has 15 atom stereocenters. The number of aromatic amines is 2. The summed E-state index contributed by atoms with van der Waals surface area (Å²) >= 11 is 0. The van der Waals surface area contributed by atoms with Crippen molar-refractivity contribution in [1.82, 2.24) is 83.2 Å². The Hall–Kier alpha value is -14.4. The summed E-state index contributed by atoms with van der Waals surface area (Å²) in [5, 5.41) is 107. The van der Waals surface area contributed by atoms with Crippen LogP contribution in [0, 0.1) is 11.3 Å². The highest BCUT2D eigenvalue weighted by molar-refractivity contribution is 6.31. The lowest BCUT2D eigenvalue weighted by molar-refractivity contribution is -0.256. The van der Waals surface area contributed by atoms with Crippen molar-refractivity contribution in [2.45, 2.75) is 240 Å². The summed E-state index contributed by atoms with van der Waals surface area (Å²) in [7, 11) is 1.28. The molecule has 2 unspecified atom stereocenters. The molecule has 0 bridgehead atoms. The zero-order valence-corrected chi connectivity index (χ0v) is 77.8. The number of para-hydroxylation sites is 1. The minimum absolute atomic E-state index is 0.000435. The Morgan fingerprint density at radius 3 is 2.04 bits per heavy atom. The van der Waals surface area contributed by atoms with Crippen LogP contribution >= 0.6 is 0 Å². The number of guanidine groups is 1. The summed E-state index contributed by atoms with van der Waals surface area (Å²) in [6.45, 7) is 2.95. The van der Waals surface area contributed by atoms with Gasteiger partial charge in [-0.3, -0.25) is 82.1 Å². The molecule has 12 amide bonds. The van der Waals surface area contributed by atoms with E-state index in [1.165, 1.54) is 67.0 Å². The van der Waals surface area contributed by atoms with E-state index in [2.05, 4.69) is 73.4 Å². The van der Waals surface area contributed by atoms with Gasteiger partial charge in [-0.2, -0.15) is 0 Å². The summed E-state index contributed by atoms with van der Waals surface area (Å²) in [6, 6.07) is 2.92. The molecule has 45 heteroatoms. The number of hydrogen-bond donors (Lipinski definition) is 22. The van der Waals surface area contributed by atoms with E-state index < -0.39 is 247 Å². The molecule has 140 heavy (non-hydrogen) atoms. The lowest BCUT2D eigenvalue weighted by Crippen LogP contribution is -2.61. The fraction of sp³-hybridized carbons (Fsp3) is 0.495. The molecular weight excluding hydrogens is 1820 g/mol. The van der Waals surface area contributed by atoms with Crippen LogP contribution in [0.15, 0.2) is 97.7 Å². The van der Waals surface area contributed by atoms with Gasteiger partial charge in [0.05, 0.1) is 61.5 Å². The second-order valence-electron chi connectivity index (χ2n) is 36.1. The predicted molar refractivity (Wildman–Crippen MR) is 496 cm³/mol. The lowest BCUT2D eigenvalue weighted by Gasteiger charge is -2.44. The molecule has 3 fully saturated rings. The van der Waals surface area contributed by atoms with Crippen LogP contribution in [0.4, 0.5) is 0 Å². The number of esters is 1. The van der Waals surface area contributed by atoms with Gasteiger partial charge in [-0.1, -0.05) is 62.4 Å². The van der Waals surface area contributed by atoms with Crippen LogP contribution < -0.4 is 74.7 Å². The smallest absolute Gasteiger partial charge is 0.306 e. The van der Waals surface area contributed by atoms with Crippen LogP contribution in [0.3, 0.4) is 0 Å². The number of carbonyl (C=O) groups is 16. The predicted octanol–water partition coefficient (Wildman–Crippen LogP) is -1.53. The molecule has 2 aromatic heterocycles. The minimum atomic E-state index is -2.57. The van der Waals surface area contributed by atoms with Gasteiger partial charge in [-0.05, 0) is 125 Å². The highest BCUT2D eigenvalue weighted by atomic mass is 16.7. The fourth-order valence-corrected chi connectivity index (χ4v) is 18.3. The number of aromatic hydroxyl groups is 3. The van der Waals surface area contributed by atoms with E-state index >= 15 is 9.59 Å². The molecule has 2 aliphatic carbocycles. The van der Waals surface area contributed by atoms with E-state index in [0.29, 0.717) is 47.1 Å². The normalized spacial score (nSPS) is 20.6. The third-order valence-corrected chi connectivity index (χ3v) is 25.6. The van der Waals surface area contributed by atoms with Gasteiger partial charge < -0.3 is 139 Å². The van der Waals surface area contributed by atoms with Crippen LogP contribution in [0.5, 0.6) is 23.0 Å². The van der Waals surface area contributed by atoms with Crippen molar-refractivity contribution in [2.75, 3.05) is 53.0 Å². The Morgan fingerprint density at radius 2 is 1.36 bits per heavy atom. The van der Waals surface area contributed by atoms with E-state index in [0.717, 1.165) is 0 Å². The first-order valence-corrected chi connectivity index (χ1v) is 46.6. The molecule has 3 saturated heterocycles. The molecule has 4 aliphatic heterocycles. The first kappa shape index (κ1) is 104. The molecule has 752 valence electrons. The number of ether oxygens (including phenoxy) is 4. The number of carbonyl (C=O) groups excluding carboxylic acids is 16. The van der Waals surface area contributed by atoms with Crippen molar-refractivity contribution in [2.24, 2.45) is 17.4 Å². The number of imidazole rings is 1. The molecule has 4 aromatic carbocycles. The Labute approximate surface area is 803 Å². The number of aromatic nitrogens is 3. The number of primary amides is 1. The number of unbranched alkanes of at least 4 members (excludes halogenated alkanes) is 1. The zero-order valence-electron chi connectivity index (χ0n) is 77.8. The van der Waals surface area contributed by atoms with E-state index in [4.69, 9.17) is 35.8 Å². The SMILES string of the molecule is COc1cccc2c1C(=O)c1c(O)c3c(c(O)c1C2=O)C[C@@](O)(C(=O)COC(=O)CCCC(=O)NCCCC[C@@H](NC(=O)[C@H](Cc1ccc(O)cc1)NC(=O)[C@H](CO)NC(=O)[C@H](Cc1c[nH]c2ccccc12)NC(=O)[C@H](Cc1cnc[nH]1)NC(=O)[C@@H]1CCC(=O)N1)C(=O)NC(CC(C)C)C(=O)N[C@@H](CCCNC(=N)N)C(=O)N1CCCC1C(=O)NCC(N)=O)C[C@@H]3O[C@H]1C[C@H](N2C=CCC2)[C@H](O)[C@H](C)O1. The lowest BCUT2D eigenvalue weighted by atomic mass is 9.72. The first-order valence-electron chi connectivity index (χ1n) is 46.6. The third kappa shape index (κ3) is 26.3. The third-order valence-electron chi connectivity index (χ3n) is 25.6. The van der Waals surface area contributed by atoms with Gasteiger partial charge in [0.25, 0.3) is 0 Å². The Morgan fingerprint density at radius 1 is 0.693 bits per heavy atom. The number of nitrogens with zero attached hydrogens (tertiary/aromatic N) is 3. The highest BCUT2D eigenvalue weighted by Gasteiger charge is 2.52. The van der Waals surface area contributed by atoms with Crippen molar-refractivity contribution in [1.29, 1.82) is 5.41 Å². The van der Waals surface area contributed by atoms with Gasteiger partial charge in [0.1, 0.15) is 89.1 Å². The van der Waals surface area contributed by atoms with E-state index in [1.54, 1.807) is 51.2 Å². The van der Waals surface area contributed by atoms with Crippen molar-refractivity contribution in [3.05, 3.63) is 148 Å². The molecule has 6 aromatic rings. The Bertz CT molecular complexity index is 5650. The van der Waals surface area contributed by atoms with E-state index in [1.807, 2.05) is 17.2 Å². The number of phenolic OH excluding ortho intramolecular Hbond substituents is 3. The molecule has 45 nitrogen and oxygen atoms in total. The summed E-state index contributed by atoms with van der Waals surface area (Å²) in [6.07, 6.45) is 1.42. The molecule has 6 aliphatic rings. The van der Waals surface area contributed by atoms with Gasteiger partial charge in [-0.15, -0.1) is 0 Å². The number of likely N-dealkylation sites (tertiary alicyclic amines) is 1. The maximum absolute atomic E-state index is 15.3. The fourth-order valence-electron chi connectivity index (χ4n) is 18.3. The van der Waals surface area contributed by atoms with Crippen molar-refractivity contribution >= 4 is 111 Å². The molecular formula is C95H121N19O26. The van der Waals surface area contributed by atoms with Crippen molar-refractivity contribution < 1.29 is 126 Å². The topological polar surface area (TPSA) is 691 Å². The summed E-state index contributed by atoms with van der Waals surface area (Å²) in [5.41, 5.74) is 8.02. The standard InChI is InChI=1S/C95H121N19O26/c1-48(2)35-61(87(129)107-60(19-13-31-101-94(97)98)93(135)114-34-14-20-66(114)92(134)103-44-71(96)118)108-85(127)58(106-88(130)62(36-50-24-26-53(116)27-25-50)109-91(133)65(45-115)112-89(131)63(37-51-42-102-57-17-6-5-15-54(51)57)110-90(132)64(38-52-43-99-47-104-52)111-86(128)59-28-29-73(120)105-59)18-7-8-30-100-72(119)22-12-23-74(121)138-46-70(117)95(136)40-56-77(69(41-95)140-75-39-67(80(122)49(3)139-75)113-32-9-10-33-113)84(126)79-78(82(56)124)81(123)55-16-11-21-68(137-4)76(55)83(79)125/h5-6,9,11,15-17,21,24-27,32,42-43,47-49,58-67,69,75,80,102,115-116,122,124,126,136H,7-8,10,12-14,18-20,22-23,28-31,33-41,44-46H2,1-4H3,(H2,96,118)(H,99,104)(H,100,119)(H,103,134)(H,105,120)(H,106,130)(H,107,129)(H,108,127)(H,109,133)(H,110,132)(H,111,128)(H,112,131)(H4,97,98,101)/t49-,58+,59-,60-,61?,62-,63-,64-,65-,66?,67-,69-,75-,80+,95-/m0/s1. The summed E-state index contributed by atoms with van der Waals surface area (Å²) in [5.74, 6) is -16.4. The van der Waals surface area contributed by atoms with E-state index in [9.17, 15) is 97.8 Å². The number of hydrogen-bond acceptors (Lipinski definition) is 29. The summed E-state index contributed by atoms with van der Waals surface area (Å²) in [4.78, 5) is 239. The van der Waals surface area contributed by atoms with Crippen LogP contribution in [0.25, 0.3) is 10.9 Å². The van der Waals surface area contributed by atoms with Gasteiger partial charge in [0.2, 0.25) is 82.5 Å². The highest BCUT2D eigenvalue weighted by Crippen LogP contribution is 2.53. The maximum Gasteiger partial charge on any atom is 0.306 e. The molecule has 6 heterocycles. The zero-order chi connectivity index (χ0) is 101. The number of fused-ring (bicyclic) bond motifs is 4. The van der Waals surface area contributed by atoms with Gasteiger partial charge >= 0.3 is 5.97 Å². The number of benzene rings is 4. The number of phenols is 3. The Kier molecular flexibility index (Phi) is 35.6. The Balaban J connectivity index is 0.738. The average molecular weight is 1950 g/mol. The second kappa shape index (κ2) is 47.8. The number of aliphatic hydroxyl groups excluding tert-OH is 2. The van der Waals surface area contributed by atoms with Gasteiger partial charge in [0, 0.05) is 130 Å². The second-order valence-corrected chi connectivity index (χ2v) is 36.1. The number of amides is 12. The largest absolute Gasteiger partial charge is 0.508 e. The van der Waals surface area contributed by atoms with Crippen molar-refractivity contribution in [3.8, 4) is 23.0 Å². The monoisotopic (exact) mass is 1940 g/mol. The maximum atomic E-state index is 15.3. The molecule has 0 saturated carbocycles. The van der Waals surface area contributed by atoms with Crippen LogP contribution in [0.2, 0.25) is 0 Å². The number of aliphatic hydroxyl groups is 3. The quantitative estimate of drug-likeness (QED) is 0.00677. The van der Waals surface area contributed by atoms with Gasteiger partial charge in [0.15, 0.2) is 24.6 Å².